The number of carboxylic acids is 1. The van der Waals surface area contributed by atoms with Crippen LogP contribution in [-0.4, -0.2) is 64.5 Å². The highest BCUT2D eigenvalue weighted by Gasteiger charge is 2.37. The van der Waals surface area contributed by atoms with Crippen molar-refractivity contribution in [3.8, 4) is 0 Å². The minimum atomic E-state index is -3.39. The number of thioether (sulfide) groups is 1. The lowest BCUT2D eigenvalue weighted by molar-refractivity contribution is 0.0691. The molecule has 0 bridgehead atoms. The van der Waals surface area contributed by atoms with Crippen LogP contribution in [-0.2, 0) is 9.84 Å². The Hall–Kier alpha value is -1.13. The highest BCUT2D eigenvalue weighted by Crippen LogP contribution is 2.24. The quantitative estimate of drug-likeness (QED) is 0.856. The maximum absolute atomic E-state index is 12.4. The molecule has 0 saturated carbocycles. The fourth-order valence-electron chi connectivity index (χ4n) is 1.90. The van der Waals surface area contributed by atoms with Crippen LogP contribution >= 0.6 is 23.1 Å². The average Bonchev–Trinajstić information content (AvgIpc) is 2.96. The van der Waals surface area contributed by atoms with Gasteiger partial charge < -0.3 is 10.0 Å². The molecule has 1 atom stereocenters. The molecule has 1 aliphatic heterocycles. The van der Waals surface area contributed by atoms with E-state index in [0.717, 1.165) is 11.3 Å². The Morgan fingerprint density at radius 2 is 2.24 bits per heavy atom. The van der Waals surface area contributed by atoms with Crippen LogP contribution in [0.15, 0.2) is 5.38 Å². The second kappa shape index (κ2) is 6.32. The molecule has 0 radical (unpaired) electrons. The summed E-state index contributed by atoms with van der Waals surface area (Å²) in [7, 11) is -3.39. The fraction of sp³-hybridized carbons (Fsp3) is 0.545. The summed E-state index contributed by atoms with van der Waals surface area (Å²) in [6.45, 7) is 1.86. The number of sulfone groups is 1. The van der Waals surface area contributed by atoms with Crippen molar-refractivity contribution in [2.45, 2.75) is 12.3 Å². The Kier molecular flexibility index (Phi) is 4.89. The Labute approximate surface area is 130 Å². The Morgan fingerprint density at radius 1 is 1.52 bits per heavy atom. The summed E-state index contributed by atoms with van der Waals surface area (Å²) in [5.74, 6) is -0.787. The summed E-state index contributed by atoms with van der Waals surface area (Å²) >= 11 is 2.40. The number of aromatic nitrogens is 1. The largest absolute Gasteiger partial charge is 0.476 e. The van der Waals surface area contributed by atoms with Gasteiger partial charge >= 0.3 is 5.97 Å². The number of amides is 1. The van der Waals surface area contributed by atoms with E-state index in [1.165, 1.54) is 22.0 Å². The lowest BCUT2D eigenvalue weighted by Gasteiger charge is -2.34. The van der Waals surface area contributed by atoms with Crippen molar-refractivity contribution in [3.05, 3.63) is 16.1 Å². The fourth-order valence-corrected chi connectivity index (χ4v) is 5.61. The van der Waals surface area contributed by atoms with Gasteiger partial charge in [0, 0.05) is 29.2 Å². The van der Waals surface area contributed by atoms with Gasteiger partial charge in [-0.3, -0.25) is 4.79 Å². The summed E-state index contributed by atoms with van der Waals surface area (Å²) in [6, 6.07) is 0. The molecule has 1 saturated heterocycles. The number of rotatable bonds is 4. The van der Waals surface area contributed by atoms with Crippen molar-refractivity contribution in [2.75, 3.05) is 23.8 Å². The number of carbonyl (C=O) groups is 2. The van der Waals surface area contributed by atoms with Crippen molar-refractivity contribution >= 4 is 44.8 Å². The first kappa shape index (κ1) is 16.2. The van der Waals surface area contributed by atoms with Crippen LogP contribution < -0.4 is 0 Å². The third-order valence-corrected chi connectivity index (χ3v) is 7.19. The predicted molar refractivity (Wildman–Crippen MR) is 80.7 cm³/mol. The zero-order valence-electron chi connectivity index (χ0n) is 11.2. The van der Waals surface area contributed by atoms with Crippen LogP contribution in [0, 0.1) is 0 Å². The van der Waals surface area contributed by atoms with Crippen LogP contribution in [0.25, 0.3) is 0 Å². The second-order valence-electron chi connectivity index (χ2n) is 4.32. The third-order valence-electron chi connectivity index (χ3n) is 3.07. The van der Waals surface area contributed by atoms with Crippen LogP contribution in [0.4, 0.5) is 0 Å². The van der Waals surface area contributed by atoms with E-state index in [2.05, 4.69) is 4.98 Å². The predicted octanol–water partition coefficient (Wildman–Crippen LogP) is 0.791. The molecule has 1 unspecified atom stereocenters. The number of nitrogens with zero attached hydrogens (tertiary/aromatic N) is 2. The first-order valence-corrected chi connectivity index (χ1v) is 9.91. The summed E-state index contributed by atoms with van der Waals surface area (Å²) in [4.78, 5) is 28.3. The number of carbonyl (C=O) groups excluding carboxylic acids is 1. The molecule has 0 spiro atoms. The number of carboxylic acid groups (broad SMARTS) is 1. The van der Waals surface area contributed by atoms with E-state index >= 15 is 0 Å². The second-order valence-corrected chi connectivity index (χ2v) is 8.78. The molecule has 1 N–H and O–H groups in total. The summed E-state index contributed by atoms with van der Waals surface area (Å²) < 4.78 is 24.2. The van der Waals surface area contributed by atoms with Gasteiger partial charge in [-0.25, -0.2) is 18.2 Å². The Balaban J connectivity index is 2.28. The molecule has 1 amide bonds. The van der Waals surface area contributed by atoms with E-state index in [1.807, 2.05) is 0 Å². The van der Waals surface area contributed by atoms with Gasteiger partial charge in [-0.15, -0.1) is 11.3 Å². The van der Waals surface area contributed by atoms with E-state index < -0.39 is 27.1 Å². The van der Waals surface area contributed by atoms with Gasteiger partial charge in [-0.05, 0) is 0 Å². The van der Waals surface area contributed by atoms with E-state index in [0.29, 0.717) is 18.1 Å². The lowest BCUT2D eigenvalue weighted by Crippen LogP contribution is -2.50. The third kappa shape index (κ3) is 3.38. The molecule has 116 valence electrons. The van der Waals surface area contributed by atoms with Gasteiger partial charge in [-0.2, -0.15) is 11.8 Å². The molecule has 1 aromatic rings. The van der Waals surface area contributed by atoms with Crippen molar-refractivity contribution in [2.24, 2.45) is 0 Å². The topological polar surface area (TPSA) is 105 Å². The van der Waals surface area contributed by atoms with Crippen LogP contribution in [0.3, 0.4) is 0 Å². The minimum absolute atomic E-state index is 0.00982. The highest BCUT2D eigenvalue weighted by molar-refractivity contribution is 8.01. The van der Waals surface area contributed by atoms with Crippen LogP contribution in [0.5, 0.6) is 0 Å². The molecular formula is C11H14N2O5S3. The van der Waals surface area contributed by atoms with E-state index in [4.69, 9.17) is 5.11 Å². The van der Waals surface area contributed by atoms with Gasteiger partial charge in [0.25, 0.3) is 5.91 Å². The van der Waals surface area contributed by atoms with Gasteiger partial charge in [0.15, 0.2) is 20.5 Å². The van der Waals surface area contributed by atoms with Crippen molar-refractivity contribution in [1.82, 2.24) is 9.88 Å². The first-order valence-electron chi connectivity index (χ1n) is 6.16. The molecule has 21 heavy (non-hydrogen) atoms. The Bertz CT molecular complexity index is 655. The number of hydrogen-bond donors (Lipinski definition) is 1. The summed E-state index contributed by atoms with van der Waals surface area (Å²) in [6.07, 6.45) is 0. The molecule has 1 aliphatic rings. The van der Waals surface area contributed by atoms with Gasteiger partial charge in [0.1, 0.15) is 5.37 Å². The molecule has 1 fully saturated rings. The van der Waals surface area contributed by atoms with Crippen molar-refractivity contribution < 1.29 is 23.1 Å². The highest BCUT2D eigenvalue weighted by atomic mass is 32.2. The minimum Gasteiger partial charge on any atom is -0.476 e. The maximum atomic E-state index is 12.4. The van der Waals surface area contributed by atoms with Crippen molar-refractivity contribution in [1.29, 1.82) is 0 Å². The lowest BCUT2D eigenvalue weighted by atomic mass is 10.4. The molecular weight excluding hydrogens is 336 g/mol. The van der Waals surface area contributed by atoms with Crippen LogP contribution in [0.1, 0.15) is 27.2 Å². The Morgan fingerprint density at radius 3 is 2.81 bits per heavy atom. The smallest absolute Gasteiger partial charge is 0.355 e. The van der Waals surface area contributed by atoms with Crippen LogP contribution in [0.2, 0.25) is 0 Å². The monoisotopic (exact) mass is 350 g/mol. The van der Waals surface area contributed by atoms with E-state index in [9.17, 15) is 18.0 Å². The van der Waals surface area contributed by atoms with E-state index in [-0.39, 0.29) is 16.5 Å². The van der Waals surface area contributed by atoms with Crippen molar-refractivity contribution in [3.63, 3.8) is 0 Å². The zero-order valence-corrected chi connectivity index (χ0v) is 13.6. The van der Waals surface area contributed by atoms with E-state index in [1.54, 1.807) is 6.92 Å². The standard InChI is InChI=1S/C11H14N2O5S3/c1-2-21(17,18)8-6-19-4-3-13(8)10(14)9-12-7(5-20-9)11(15)16/h5,8H,2-4,6H2,1H3,(H,15,16). The first-order chi connectivity index (χ1) is 9.86. The average molecular weight is 350 g/mol. The number of hydrogen-bond acceptors (Lipinski definition) is 7. The molecule has 1 aromatic heterocycles. The van der Waals surface area contributed by atoms with Gasteiger partial charge in [0.05, 0.1) is 0 Å². The normalized spacial score (nSPS) is 19.5. The molecule has 2 rings (SSSR count). The SMILES string of the molecule is CCS(=O)(=O)C1CSCCN1C(=O)c1nc(C(=O)O)cs1. The number of aromatic carboxylic acids is 1. The van der Waals surface area contributed by atoms with Gasteiger partial charge in [0.2, 0.25) is 0 Å². The zero-order chi connectivity index (χ0) is 15.6. The summed E-state index contributed by atoms with van der Waals surface area (Å²) in [5.41, 5.74) is -0.204. The maximum Gasteiger partial charge on any atom is 0.355 e. The molecule has 10 heteroatoms. The summed E-state index contributed by atoms with van der Waals surface area (Å²) in [5, 5.41) is 9.25. The van der Waals surface area contributed by atoms with Gasteiger partial charge in [-0.1, -0.05) is 6.92 Å². The molecule has 2 heterocycles. The molecule has 0 aliphatic carbocycles. The number of thiazole rings is 1. The molecule has 7 nitrogen and oxygen atoms in total. The molecule has 0 aromatic carbocycles.